The van der Waals surface area contributed by atoms with Gasteiger partial charge >= 0.3 is 30.3 Å². The summed E-state index contributed by atoms with van der Waals surface area (Å²) < 4.78 is 63.5. The number of alkyl halides is 6. The number of aliphatic carboxylic acids is 2. The molecule has 2 aliphatic rings. The lowest BCUT2D eigenvalue weighted by atomic mass is 10.3. The van der Waals surface area contributed by atoms with Crippen LogP contribution in [0.5, 0.6) is 0 Å². The molecular weight excluding hydrogens is 418 g/mol. The van der Waals surface area contributed by atoms with Crippen LogP contribution in [-0.2, 0) is 9.59 Å². The number of nitrogens with zero attached hydrogens (tertiary/aromatic N) is 3. The van der Waals surface area contributed by atoms with Crippen molar-refractivity contribution in [2.24, 2.45) is 0 Å². The summed E-state index contributed by atoms with van der Waals surface area (Å²) in [6, 6.07) is 0.226. The molecule has 0 spiro atoms. The van der Waals surface area contributed by atoms with Crippen molar-refractivity contribution in [3.8, 4) is 0 Å². The minimum atomic E-state index is -5.08. The number of rotatable bonds is 0. The Morgan fingerprint density at radius 2 is 1.03 bits per heavy atom. The van der Waals surface area contributed by atoms with Gasteiger partial charge in [0.25, 0.3) is 0 Å². The van der Waals surface area contributed by atoms with Crippen LogP contribution in [0.25, 0.3) is 0 Å². The van der Waals surface area contributed by atoms with Gasteiger partial charge in [0, 0.05) is 52.4 Å². The Kier molecular flexibility index (Phi) is 10.7. The molecule has 0 aromatic rings. The summed E-state index contributed by atoms with van der Waals surface area (Å²) in [6.07, 6.45) is -10.2. The van der Waals surface area contributed by atoms with E-state index in [1.54, 1.807) is 0 Å². The Balaban J connectivity index is 0.000000473. The van der Waals surface area contributed by atoms with E-state index in [-0.39, 0.29) is 6.03 Å². The van der Waals surface area contributed by atoms with E-state index in [1.165, 1.54) is 0 Å². The van der Waals surface area contributed by atoms with Crippen molar-refractivity contribution in [3.05, 3.63) is 0 Å². The van der Waals surface area contributed by atoms with Gasteiger partial charge in [-0.1, -0.05) is 0 Å². The molecule has 0 bridgehead atoms. The molecular formula is C14H22F6N4O5. The molecule has 15 heteroatoms. The van der Waals surface area contributed by atoms with Crippen molar-refractivity contribution in [2.75, 3.05) is 59.4 Å². The molecule has 2 aliphatic heterocycles. The van der Waals surface area contributed by atoms with Crippen LogP contribution in [0.2, 0.25) is 0 Å². The van der Waals surface area contributed by atoms with Crippen molar-refractivity contribution in [2.45, 2.75) is 12.4 Å². The Hall–Kier alpha value is -2.29. The maximum absolute atomic E-state index is 12.1. The SMILES string of the molecule is CN1CCN(C(=O)N2CCNCC2)CC1.O=C(O)C(F)(F)F.O=C(O)C(F)(F)F. The normalized spacial score (nSPS) is 18.0. The standard InChI is InChI=1S/C10H20N4O.2C2HF3O2/c1-12-6-8-14(9-7-12)10(15)13-4-2-11-3-5-13;2*3-2(4,5)1(6)7/h11H,2-9H2,1H3;2*(H,6,7). The highest BCUT2D eigenvalue weighted by molar-refractivity contribution is 5.75. The molecule has 2 rings (SSSR count). The van der Waals surface area contributed by atoms with E-state index in [0.29, 0.717) is 0 Å². The van der Waals surface area contributed by atoms with Crippen LogP contribution in [-0.4, -0.2) is 115 Å². The van der Waals surface area contributed by atoms with Crippen LogP contribution in [0.15, 0.2) is 0 Å². The van der Waals surface area contributed by atoms with Crippen molar-refractivity contribution in [3.63, 3.8) is 0 Å². The first-order valence-corrected chi connectivity index (χ1v) is 8.19. The summed E-state index contributed by atoms with van der Waals surface area (Å²) in [4.78, 5) is 36.1. The molecule has 170 valence electrons. The zero-order chi connectivity index (χ0) is 22.8. The second-order valence-electron chi connectivity index (χ2n) is 5.92. The van der Waals surface area contributed by atoms with Gasteiger partial charge in [0.05, 0.1) is 0 Å². The summed E-state index contributed by atoms with van der Waals surface area (Å²) in [5.74, 6) is -5.51. The molecule has 2 fully saturated rings. The van der Waals surface area contributed by atoms with Crippen molar-refractivity contribution < 1.29 is 50.9 Å². The predicted octanol–water partition coefficient (Wildman–Crippen LogP) is 0.526. The average molecular weight is 440 g/mol. The minimum Gasteiger partial charge on any atom is -0.475 e. The zero-order valence-corrected chi connectivity index (χ0v) is 15.4. The molecule has 0 aromatic heterocycles. The van der Waals surface area contributed by atoms with Gasteiger partial charge in [-0.2, -0.15) is 26.3 Å². The van der Waals surface area contributed by atoms with Gasteiger partial charge in [0.15, 0.2) is 0 Å². The van der Waals surface area contributed by atoms with E-state index >= 15 is 0 Å². The Bertz CT molecular complexity index is 520. The quantitative estimate of drug-likeness (QED) is 0.471. The first-order chi connectivity index (χ1) is 13.2. The lowest BCUT2D eigenvalue weighted by Crippen LogP contribution is -2.55. The number of piperazine rings is 2. The molecule has 0 radical (unpaired) electrons. The number of likely N-dealkylation sites (N-methyl/N-ethyl adjacent to an activating group) is 1. The minimum absolute atomic E-state index is 0.226. The largest absolute Gasteiger partial charge is 0.490 e. The van der Waals surface area contributed by atoms with Crippen LogP contribution in [0.1, 0.15) is 0 Å². The average Bonchev–Trinajstić information content (AvgIpc) is 2.62. The van der Waals surface area contributed by atoms with E-state index < -0.39 is 24.3 Å². The third-order valence-electron chi connectivity index (χ3n) is 3.65. The van der Waals surface area contributed by atoms with Crippen LogP contribution >= 0.6 is 0 Å². The number of carbonyl (C=O) groups excluding carboxylic acids is 1. The van der Waals surface area contributed by atoms with E-state index in [9.17, 15) is 31.1 Å². The van der Waals surface area contributed by atoms with Crippen LogP contribution in [0, 0.1) is 0 Å². The second kappa shape index (κ2) is 11.6. The molecule has 0 saturated carbocycles. The maximum Gasteiger partial charge on any atom is 0.490 e. The topological polar surface area (TPSA) is 113 Å². The Morgan fingerprint density at radius 3 is 1.34 bits per heavy atom. The van der Waals surface area contributed by atoms with E-state index in [4.69, 9.17) is 19.8 Å². The number of halogens is 6. The van der Waals surface area contributed by atoms with Gasteiger partial charge in [0.1, 0.15) is 0 Å². The zero-order valence-electron chi connectivity index (χ0n) is 15.4. The first-order valence-electron chi connectivity index (χ1n) is 8.19. The number of urea groups is 1. The molecule has 0 aromatic carbocycles. The van der Waals surface area contributed by atoms with Crippen LogP contribution < -0.4 is 5.32 Å². The number of hydrogen-bond donors (Lipinski definition) is 3. The molecule has 0 atom stereocenters. The Labute approximate surface area is 161 Å². The summed E-state index contributed by atoms with van der Waals surface area (Å²) in [7, 11) is 2.10. The maximum atomic E-state index is 12.1. The second-order valence-corrected chi connectivity index (χ2v) is 5.92. The fourth-order valence-electron chi connectivity index (χ4n) is 2.05. The van der Waals surface area contributed by atoms with Gasteiger partial charge in [0.2, 0.25) is 0 Å². The predicted molar refractivity (Wildman–Crippen MR) is 86.3 cm³/mol. The van der Waals surface area contributed by atoms with Crippen LogP contribution in [0.3, 0.4) is 0 Å². The summed E-state index contributed by atoms with van der Waals surface area (Å²) >= 11 is 0. The summed E-state index contributed by atoms with van der Waals surface area (Å²) in [5, 5.41) is 17.5. The van der Waals surface area contributed by atoms with Gasteiger partial charge in [-0.25, -0.2) is 14.4 Å². The molecule has 9 nitrogen and oxygen atoms in total. The molecule has 0 unspecified atom stereocenters. The van der Waals surface area contributed by atoms with Gasteiger partial charge in [-0.05, 0) is 7.05 Å². The first kappa shape index (κ1) is 26.7. The molecule has 2 saturated heterocycles. The number of amides is 2. The summed E-state index contributed by atoms with van der Waals surface area (Å²) in [6.45, 7) is 7.31. The third-order valence-corrected chi connectivity index (χ3v) is 3.65. The van der Waals surface area contributed by atoms with E-state index in [1.807, 2.05) is 9.80 Å². The highest BCUT2D eigenvalue weighted by atomic mass is 19.4. The number of carbonyl (C=O) groups is 3. The molecule has 2 heterocycles. The molecule has 29 heavy (non-hydrogen) atoms. The van der Waals surface area contributed by atoms with Crippen molar-refractivity contribution >= 4 is 18.0 Å². The van der Waals surface area contributed by atoms with Crippen molar-refractivity contribution in [1.29, 1.82) is 0 Å². The van der Waals surface area contributed by atoms with E-state index in [2.05, 4.69) is 17.3 Å². The Morgan fingerprint density at radius 1 is 0.724 bits per heavy atom. The highest BCUT2D eigenvalue weighted by Gasteiger charge is 2.38. The fraction of sp³-hybridized carbons (Fsp3) is 0.786. The van der Waals surface area contributed by atoms with Gasteiger partial charge in [-0.3, -0.25) is 0 Å². The van der Waals surface area contributed by atoms with Gasteiger partial charge in [-0.15, -0.1) is 0 Å². The highest BCUT2D eigenvalue weighted by Crippen LogP contribution is 2.13. The third kappa shape index (κ3) is 11.3. The van der Waals surface area contributed by atoms with E-state index in [0.717, 1.165) is 52.4 Å². The lowest BCUT2D eigenvalue weighted by molar-refractivity contribution is -0.193. The molecule has 2 amide bonds. The van der Waals surface area contributed by atoms with Gasteiger partial charge < -0.3 is 30.2 Å². The smallest absolute Gasteiger partial charge is 0.475 e. The van der Waals surface area contributed by atoms with Crippen molar-refractivity contribution in [1.82, 2.24) is 20.0 Å². The number of carboxylic acid groups (broad SMARTS) is 2. The number of nitrogens with one attached hydrogen (secondary N) is 1. The number of carboxylic acids is 2. The lowest BCUT2D eigenvalue weighted by Gasteiger charge is -2.37. The molecule has 3 N–H and O–H groups in total. The monoisotopic (exact) mass is 440 g/mol. The van der Waals surface area contributed by atoms with Crippen LogP contribution in [0.4, 0.5) is 31.1 Å². The summed E-state index contributed by atoms with van der Waals surface area (Å²) in [5.41, 5.74) is 0. The fourth-order valence-corrected chi connectivity index (χ4v) is 2.05. The molecule has 0 aliphatic carbocycles. The number of hydrogen-bond acceptors (Lipinski definition) is 5.